The van der Waals surface area contributed by atoms with Gasteiger partial charge in [0.1, 0.15) is 6.10 Å². The first kappa shape index (κ1) is 49.6. The average molecular weight is 723 g/mol. The second kappa shape index (κ2) is 44.7. The molecule has 1 atom stereocenters. The van der Waals surface area contributed by atoms with Gasteiger partial charge in [-0.2, -0.15) is 0 Å². The first-order valence-corrected chi connectivity index (χ1v) is 21.7. The van der Waals surface area contributed by atoms with Crippen molar-refractivity contribution >= 4 is 5.97 Å². The van der Waals surface area contributed by atoms with Crippen molar-refractivity contribution in [3.05, 3.63) is 85.1 Å². The van der Waals surface area contributed by atoms with E-state index in [1.807, 2.05) is 0 Å². The highest BCUT2D eigenvalue weighted by Gasteiger charge is 2.13. The summed E-state index contributed by atoms with van der Waals surface area (Å²) < 4.78 is 11.2. The van der Waals surface area contributed by atoms with E-state index in [9.17, 15) is 9.90 Å². The summed E-state index contributed by atoms with van der Waals surface area (Å²) in [5.74, 6) is -0.217. The van der Waals surface area contributed by atoms with Crippen LogP contribution >= 0.6 is 0 Å². The minimum Gasteiger partial charge on any atom is -0.457 e. The molecule has 4 heteroatoms. The van der Waals surface area contributed by atoms with Crippen molar-refractivity contribution < 1.29 is 19.4 Å². The standard InChI is InChI=1S/C48H82O4/c1-3-5-7-9-11-13-15-17-19-21-23-24-25-26-28-30-32-34-36-38-40-42-44-51-46-47(45-49)52-48(50)43-41-39-37-35-33-31-29-27-22-20-18-16-14-12-10-8-6-4-2/h5,7,11,13-14,16-17,19-20,22-24,26,28,47,49H,3-4,6,8-10,12,15,18,21,25,27,29-46H2,1-2H3/b7-5-,13-11-,16-14-,19-17-,22-20-,24-23-,28-26-. The van der Waals surface area contributed by atoms with Gasteiger partial charge in [-0.25, -0.2) is 0 Å². The van der Waals surface area contributed by atoms with E-state index >= 15 is 0 Å². The topological polar surface area (TPSA) is 55.8 Å². The number of hydrogen-bond acceptors (Lipinski definition) is 4. The molecule has 0 aromatic heterocycles. The Morgan fingerprint density at radius 3 is 1.31 bits per heavy atom. The number of carbonyl (C=O) groups excluding carboxylic acids is 1. The van der Waals surface area contributed by atoms with E-state index in [0.29, 0.717) is 13.0 Å². The maximum absolute atomic E-state index is 12.2. The van der Waals surface area contributed by atoms with Crippen LogP contribution in [0.15, 0.2) is 85.1 Å². The number of carbonyl (C=O) groups is 1. The summed E-state index contributed by atoms with van der Waals surface area (Å²) in [6.45, 7) is 5.17. The summed E-state index contributed by atoms with van der Waals surface area (Å²) >= 11 is 0. The Morgan fingerprint density at radius 1 is 0.481 bits per heavy atom. The molecule has 298 valence electrons. The van der Waals surface area contributed by atoms with Crippen LogP contribution in [0.5, 0.6) is 0 Å². The van der Waals surface area contributed by atoms with E-state index in [2.05, 4.69) is 98.9 Å². The molecule has 0 aromatic carbocycles. The fourth-order valence-electron chi connectivity index (χ4n) is 5.74. The van der Waals surface area contributed by atoms with Gasteiger partial charge in [-0.15, -0.1) is 0 Å². The normalized spacial score (nSPS) is 13.2. The van der Waals surface area contributed by atoms with Crippen molar-refractivity contribution in [1.29, 1.82) is 0 Å². The molecule has 0 bridgehead atoms. The fourth-order valence-corrected chi connectivity index (χ4v) is 5.74. The quantitative estimate of drug-likeness (QED) is 0.0390. The Kier molecular flexibility index (Phi) is 42.6. The van der Waals surface area contributed by atoms with E-state index in [0.717, 1.165) is 70.6 Å². The third-order valence-corrected chi connectivity index (χ3v) is 8.95. The van der Waals surface area contributed by atoms with Gasteiger partial charge in [-0.3, -0.25) is 4.79 Å². The van der Waals surface area contributed by atoms with Crippen LogP contribution in [-0.2, 0) is 14.3 Å². The molecule has 0 amide bonds. The van der Waals surface area contributed by atoms with Crippen LogP contribution < -0.4 is 0 Å². The van der Waals surface area contributed by atoms with Gasteiger partial charge in [0.2, 0.25) is 0 Å². The molecule has 0 radical (unpaired) electrons. The van der Waals surface area contributed by atoms with Crippen molar-refractivity contribution in [2.75, 3.05) is 19.8 Å². The summed E-state index contributed by atoms with van der Waals surface area (Å²) in [5, 5.41) is 9.61. The van der Waals surface area contributed by atoms with Crippen molar-refractivity contribution in [2.45, 2.75) is 193 Å². The van der Waals surface area contributed by atoms with Gasteiger partial charge in [0.15, 0.2) is 0 Å². The zero-order chi connectivity index (χ0) is 37.7. The van der Waals surface area contributed by atoms with Crippen LogP contribution in [0.2, 0.25) is 0 Å². The number of allylic oxidation sites excluding steroid dienone is 14. The van der Waals surface area contributed by atoms with Gasteiger partial charge in [0.05, 0.1) is 13.2 Å². The van der Waals surface area contributed by atoms with Crippen LogP contribution in [0.25, 0.3) is 0 Å². The zero-order valence-electron chi connectivity index (χ0n) is 34.0. The molecule has 4 nitrogen and oxygen atoms in total. The minimum absolute atomic E-state index is 0.186. The minimum atomic E-state index is -0.552. The monoisotopic (exact) mass is 723 g/mol. The first-order chi connectivity index (χ1) is 25.7. The summed E-state index contributed by atoms with van der Waals surface area (Å²) in [6, 6.07) is 0. The van der Waals surface area contributed by atoms with E-state index in [1.54, 1.807) is 0 Å². The summed E-state index contributed by atoms with van der Waals surface area (Å²) in [5.41, 5.74) is 0. The number of unbranched alkanes of at least 4 members (excludes halogenated alkanes) is 17. The SMILES string of the molecule is CC/C=C\C/C=C\C/C=C\C/C=C\C/C=C\CCCCCCCCOCC(CO)OC(=O)CCCCCCCCC/C=C\C/C=C\CCCCCC. The van der Waals surface area contributed by atoms with Crippen LogP contribution in [-0.4, -0.2) is 37.0 Å². The Bertz CT molecular complexity index is 938. The lowest BCUT2D eigenvalue weighted by atomic mass is 10.1. The predicted octanol–water partition coefficient (Wildman–Crippen LogP) is 14.4. The van der Waals surface area contributed by atoms with Crippen LogP contribution in [0, 0.1) is 0 Å². The molecular formula is C48H82O4. The number of esters is 1. The molecule has 0 spiro atoms. The van der Waals surface area contributed by atoms with Gasteiger partial charge in [0.25, 0.3) is 0 Å². The second-order valence-electron chi connectivity index (χ2n) is 14.0. The molecule has 0 aliphatic rings. The highest BCUT2D eigenvalue weighted by Crippen LogP contribution is 2.12. The van der Waals surface area contributed by atoms with Gasteiger partial charge >= 0.3 is 5.97 Å². The molecule has 1 N–H and O–H groups in total. The number of ether oxygens (including phenoxy) is 2. The number of aliphatic hydroxyl groups is 1. The lowest BCUT2D eigenvalue weighted by Gasteiger charge is -2.15. The summed E-state index contributed by atoms with van der Waals surface area (Å²) in [6.07, 6.45) is 62.1. The van der Waals surface area contributed by atoms with Crippen LogP contribution in [0.4, 0.5) is 0 Å². The highest BCUT2D eigenvalue weighted by atomic mass is 16.6. The molecule has 1 unspecified atom stereocenters. The van der Waals surface area contributed by atoms with Gasteiger partial charge in [-0.05, 0) is 89.9 Å². The van der Waals surface area contributed by atoms with E-state index in [1.165, 1.54) is 96.3 Å². The molecular weight excluding hydrogens is 641 g/mol. The van der Waals surface area contributed by atoms with Gasteiger partial charge < -0.3 is 14.6 Å². The van der Waals surface area contributed by atoms with Crippen molar-refractivity contribution in [1.82, 2.24) is 0 Å². The molecule has 0 aliphatic carbocycles. The lowest BCUT2D eigenvalue weighted by Crippen LogP contribution is -2.27. The third kappa shape index (κ3) is 42.0. The third-order valence-electron chi connectivity index (χ3n) is 8.95. The zero-order valence-corrected chi connectivity index (χ0v) is 34.0. The van der Waals surface area contributed by atoms with E-state index < -0.39 is 6.10 Å². The number of rotatable bonds is 39. The van der Waals surface area contributed by atoms with Crippen molar-refractivity contribution in [2.24, 2.45) is 0 Å². The molecule has 0 rings (SSSR count). The molecule has 0 aliphatic heterocycles. The predicted molar refractivity (Wildman–Crippen MR) is 228 cm³/mol. The first-order valence-electron chi connectivity index (χ1n) is 21.7. The Hall–Kier alpha value is -2.43. The van der Waals surface area contributed by atoms with Crippen LogP contribution in [0.3, 0.4) is 0 Å². The maximum atomic E-state index is 12.2. The van der Waals surface area contributed by atoms with Crippen molar-refractivity contribution in [3.8, 4) is 0 Å². The maximum Gasteiger partial charge on any atom is 0.306 e. The Balaban J connectivity index is 3.52. The van der Waals surface area contributed by atoms with E-state index in [4.69, 9.17) is 9.47 Å². The summed E-state index contributed by atoms with van der Waals surface area (Å²) in [4.78, 5) is 12.2. The number of aliphatic hydroxyl groups excluding tert-OH is 1. The lowest BCUT2D eigenvalue weighted by molar-refractivity contribution is -0.154. The second-order valence-corrected chi connectivity index (χ2v) is 14.0. The summed E-state index contributed by atoms with van der Waals surface area (Å²) in [7, 11) is 0. The molecule has 0 saturated carbocycles. The molecule has 0 saturated heterocycles. The fraction of sp³-hybridized carbons (Fsp3) is 0.688. The molecule has 0 fully saturated rings. The number of hydrogen-bond donors (Lipinski definition) is 1. The smallest absolute Gasteiger partial charge is 0.306 e. The average Bonchev–Trinajstić information content (AvgIpc) is 3.15. The Morgan fingerprint density at radius 2 is 0.865 bits per heavy atom. The molecule has 52 heavy (non-hydrogen) atoms. The Labute approximate surface area is 322 Å². The molecule has 0 aromatic rings. The van der Waals surface area contributed by atoms with Crippen molar-refractivity contribution in [3.63, 3.8) is 0 Å². The van der Waals surface area contributed by atoms with Gasteiger partial charge in [-0.1, -0.05) is 176 Å². The van der Waals surface area contributed by atoms with E-state index in [-0.39, 0.29) is 19.2 Å². The molecule has 0 heterocycles. The van der Waals surface area contributed by atoms with Crippen LogP contribution in [0.1, 0.15) is 187 Å². The largest absolute Gasteiger partial charge is 0.457 e. The van der Waals surface area contributed by atoms with Gasteiger partial charge in [0, 0.05) is 13.0 Å². The highest BCUT2D eigenvalue weighted by molar-refractivity contribution is 5.69.